The summed E-state index contributed by atoms with van der Waals surface area (Å²) in [6.45, 7) is 0. The molecule has 0 spiro atoms. The molecule has 1 aromatic carbocycles. The molecule has 0 unspecified atom stereocenters. The first-order valence-electron chi connectivity index (χ1n) is 4.85. The van der Waals surface area contributed by atoms with E-state index in [1.165, 1.54) is 18.2 Å². The average molecular weight is 248 g/mol. The zero-order chi connectivity index (χ0) is 13.1. The number of hydrogen-bond donors (Lipinski definition) is 4. The summed E-state index contributed by atoms with van der Waals surface area (Å²) in [5.41, 5.74) is -0.967. The summed E-state index contributed by atoms with van der Waals surface area (Å²) in [6.07, 6.45) is 0. The molecule has 8 nitrogen and oxygen atoms in total. The van der Waals surface area contributed by atoms with Gasteiger partial charge in [0.05, 0.1) is 5.56 Å². The smallest absolute Gasteiger partial charge is 0.342 e. The second-order valence-corrected chi connectivity index (χ2v) is 3.37. The van der Waals surface area contributed by atoms with E-state index < -0.39 is 17.2 Å². The average Bonchev–Trinajstić information content (AvgIpc) is 2.33. The first-order valence-corrected chi connectivity index (χ1v) is 4.85. The molecule has 0 radical (unpaired) electrons. The number of H-pyrrole nitrogens is 2. The molecular formula is C10H8N4O4. The van der Waals surface area contributed by atoms with Gasteiger partial charge in [-0.2, -0.15) is 0 Å². The highest BCUT2D eigenvalue weighted by atomic mass is 16.4. The third-order valence-electron chi connectivity index (χ3n) is 2.08. The van der Waals surface area contributed by atoms with Gasteiger partial charge in [-0.1, -0.05) is 6.07 Å². The van der Waals surface area contributed by atoms with Gasteiger partial charge in [0.2, 0.25) is 5.82 Å². The summed E-state index contributed by atoms with van der Waals surface area (Å²) in [5, 5.41) is 17.0. The topological polar surface area (TPSA) is 128 Å². The quantitative estimate of drug-likeness (QED) is 0.600. The maximum absolute atomic E-state index is 11.3. The van der Waals surface area contributed by atoms with E-state index in [1.54, 1.807) is 6.07 Å². The van der Waals surface area contributed by atoms with Gasteiger partial charge in [0, 0.05) is 5.69 Å². The number of carbonyl (C=O) groups is 1. The van der Waals surface area contributed by atoms with Crippen LogP contribution in [0, 0.1) is 0 Å². The van der Waals surface area contributed by atoms with E-state index in [9.17, 15) is 14.4 Å². The van der Waals surface area contributed by atoms with Gasteiger partial charge in [-0.15, -0.1) is 5.10 Å². The zero-order valence-electron chi connectivity index (χ0n) is 8.93. The van der Waals surface area contributed by atoms with Gasteiger partial charge in [-0.25, -0.2) is 14.7 Å². The van der Waals surface area contributed by atoms with Crippen LogP contribution in [0.3, 0.4) is 0 Å². The van der Waals surface area contributed by atoms with Crippen LogP contribution in [0.2, 0.25) is 0 Å². The van der Waals surface area contributed by atoms with Crippen LogP contribution in [0.25, 0.3) is 0 Å². The van der Waals surface area contributed by atoms with Crippen LogP contribution in [0.1, 0.15) is 10.4 Å². The molecule has 0 atom stereocenters. The summed E-state index contributed by atoms with van der Waals surface area (Å²) in [7, 11) is 0. The lowest BCUT2D eigenvalue weighted by Crippen LogP contribution is -2.25. The Hall–Kier alpha value is -2.90. The van der Waals surface area contributed by atoms with E-state index in [1.807, 2.05) is 4.98 Å². The van der Waals surface area contributed by atoms with Crippen molar-refractivity contribution in [1.29, 1.82) is 0 Å². The van der Waals surface area contributed by atoms with Gasteiger partial charge in [0.1, 0.15) is 0 Å². The van der Waals surface area contributed by atoms with Crippen molar-refractivity contribution in [1.82, 2.24) is 15.2 Å². The Balaban J connectivity index is 2.34. The zero-order valence-corrected chi connectivity index (χ0v) is 8.93. The number of aromatic carboxylic acids is 1. The lowest BCUT2D eigenvalue weighted by atomic mass is 10.2. The second-order valence-electron chi connectivity index (χ2n) is 3.37. The Morgan fingerprint density at radius 2 is 2.11 bits per heavy atom. The highest BCUT2D eigenvalue weighted by Crippen LogP contribution is 2.13. The number of nitrogens with one attached hydrogen (secondary N) is 3. The SMILES string of the molecule is O=C(O)c1cccc(Nc2n[nH]c(=O)[nH]c2=O)c1. The van der Waals surface area contributed by atoms with Crippen molar-refractivity contribution in [2.24, 2.45) is 0 Å². The van der Waals surface area contributed by atoms with Crippen molar-refractivity contribution >= 4 is 17.5 Å². The van der Waals surface area contributed by atoms with Crippen LogP contribution in [0.15, 0.2) is 33.9 Å². The summed E-state index contributed by atoms with van der Waals surface area (Å²) in [6, 6.07) is 5.84. The van der Waals surface area contributed by atoms with E-state index in [0.29, 0.717) is 5.69 Å². The van der Waals surface area contributed by atoms with Crippen molar-refractivity contribution in [3.8, 4) is 0 Å². The number of carboxylic acids is 1. The second kappa shape index (κ2) is 4.53. The predicted molar refractivity (Wildman–Crippen MR) is 62.2 cm³/mol. The predicted octanol–water partition coefficient (Wildman–Crippen LogP) is -0.100. The number of aromatic nitrogens is 3. The van der Waals surface area contributed by atoms with E-state index in [-0.39, 0.29) is 11.4 Å². The Labute approximate surface area is 99.3 Å². The molecule has 0 fully saturated rings. The molecule has 2 aromatic rings. The van der Waals surface area contributed by atoms with Crippen molar-refractivity contribution in [2.45, 2.75) is 0 Å². The summed E-state index contributed by atoms with van der Waals surface area (Å²) in [4.78, 5) is 34.9. The van der Waals surface area contributed by atoms with Crippen LogP contribution >= 0.6 is 0 Å². The number of nitrogens with zero attached hydrogens (tertiary/aromatic N) is 1. The number of anilines is 2. The van der Waals surface area contributed by atoms with Crippen molar-refractivity contribution < 1.29 is 9.90 Å². The van der Waals surface area contributed by atoms with Gasteiger partial charge in [-0.05, 0) is 18.2 Å². The van der Waals surface area contributed by atoms with E-state index in [0.717, 1.165) is 0 Å². The highest BCUT2D eigenvalue weighted by Gasteiger charge is 2.06. The standard InChI is InChI=1S/C10H8N4O4/c15-8-7(13-14-10(18)12-8)11-6-3-1-2-5(4-6)9(16)17/h1-4H,(H,11,13)(H,16,17)(H2,12,14,15,18). The highest BCUT2D eigenvalue weighted by molar-refractivity contribution is 5.89. The minimum atomic E-state index is -1.08. The number of carboxylic acid groups (broad SMARTS) is 1. The molecular weight excluding hydrogens is 240 g/mol. The van der Waals surface area contributed by atoms with Gasteiger partial charge in [0.15, 0.2) is 0 Å². The van der Waals surface area contributed by atoms with Crippen LogP contribution in [0.5, 0.6) is 0 Å². The molecule has 0 amide bonds. The maximum atomic E-state index is 11.3. The minimum absolute atomic E-state index is 0.0702. The van der Waals surface area contributed by atoms with Crippen LogP contribution in [-0.2, 0) is 0 Å². The molecule has 0 aliphatic carbocycles. The normalized spacial score (nSPS) is 10.0. The Kier molecular flexibility index (Phi) is 2.92. The molecule has 0 aliphatic heterocycles. The monoisotopic (exact) mass is 248 g/mol. The largest absolute Gasteiger partial charge is 0.478 e. The third kappa shape index (κ3) is 2.43. The molecule has 1 aromatic heterocycles. The van der Waals surface area contributed by atoms with Crippen LogP contribution in [-0.4, -0.2) is 26.3 Å². The molecule has 0 saturated heterocycles. The Bertz CT molecular complexity index is 703. The third-order valence-corrected chi connectivity index (χ3v) is 2.08. The molecule has 2 rings (SSSR count). The van der Waals surface area contributed by atoms with Crippen LogP contribution in [0.4, 0.5) is 11.5 Å². The molecule has 0 bridgehead atoms. The fraction of sp³-hybridized carbons (Fsp3) is 0. The fourth-order valence-corrected chi connectivity index (χ4v) is 1.30. The van der Waals surface area contributed by atoms with Gasteiger partial charge in [0.25, 0.3) is 5.56 Å². The number of benzene rings is 1. The molecule has 8 heteroatoms. The molecule has 0 aliphatic rings. The van der Waals surface area contributed by atoms with Crippen molar-refractivity contribution in [3.05, 3.63) is 50.7 Å². The summed E-state index contributed by atoms with van der Waals surface area (Å²) in [5.74, 6) is -1.21. The Morgan fingerprint density at radius 1 is 1.33 bits per heavy atom. The first-order chi connectivity index (χ1) is 8.56. The van der Waals surface area contributed by atoms with E-state index in [2.05, 4.69) is 15.5 Å². The number of hydrogen-bond acceptors (Lipinski definition) is 5. The van der Waals surface area contributed by atoms with Gasteiger partial charge >= 0.3 is 11.7 Å². The van der Waals surface area contributed by atoms with Crippen molar-refractivity contribution in [3.63, 3.8) is 0 Å². The molecule has 4 N–H and O–H groups in total. The van der Waals surface area contributed by atoms with Gasteiger partial charge < -0.3 is 10.4 Å². The molecule has 1 heterocycles. The number of aromatic amines is 2. The lowest BCUT2D eigenvalue weighted by Gasteiger charge is -2.04. The molecule has 92 valence electrons. The molecule has 18 heavy (non-hydrogen) atoms. The maximum Gasteiger partial charge on any atom is 0.342 e. The Morgan fingerprint density at radius 3 is 2.78 bits per heavy atom. The van der Waals surface area contributed by atoms with Gasteiger partial charge in [-0.3, -0.25) is 9.78 Å². The first kappa shape index (κ1) is 11.6. The lowest BCUT2D eigenvalue weighted by molar-refractivity contribution is 0.0697. The summed E-state index contributed by atoms with van der Waals surface area (Å²) >= 11 is 0. The summed E-state index contributed by atoms with van der Waals surface area (Å²) < 4.78 is 0. The van der Waals surface area contributed by atoms with Crippen molar-refractivity contribution in [2.75, 3.05) is 5.32 Å². The number of rotatable bonds is 3. The van der Waals surface area contributed by atoms with E-state index in [4.69, 9.17) is 5.11 Å². The fourth-order valence-electron chi connectivity index (χ4n) is 1.30. The van der Waals surface area contributed by atoms with E-state index >= 15 is 0 Å². The van der Waals surface area contributed by atoms with Crippen LogP contribution < -0.4 is 16.6 Å². The molecule has 0 saturated carbocycles. The minimum Gasteiger partial charge on any atom is -0.478 e.